The van der Waals surface area contributed by atoms with Crippen LogP contribution in [-0.4, -0.2) is 64.7 Å². The number of benzene rings is 1. The van der Waals surface area contributed by atoms with Gasteiger partial charge in [-0.05, 0) is 24.1 Å². The Kier molecular flexibility index (Phi) is 5.67. The maximum absolute atomic E-state index is 12.8. The lowest BCUT2D eigenvalue weighted by Gasteiger charge is -2.34. The molecule has 1 aliphatic heterocycles. The van der Waals surface area contributed by atoms with Gasteiger partial charge in [0.25, 0.3) is 5.91 Å². The van der Waals surface area contributed by atoms with E-state index in [-0.39, 0.29) is 12.5 Å². The molecule has 5 heteroatoms. The van der Waals surface area contributed by atoms with Gasteiger partial charge in [-0.2, -0.15) is 0 Å². The SMILES string of the molecule is O=C(c1cccn1CCc1ccccc1)N1CCN(CCO)CC1. The number of hydrogen-bond donors (Lipinski definition) is 1. The van der Waals surface area contributed by atoms with Crippen molar-refractivity contribution in [1.29, 1.82) is 0 Å². The minimum Gasteiger partial charge on any atom is -0.395 e. The van der Waals surface area contributed by atoms with Crippen molar-refractivity contribution in [1.82, 2.24) is 14.4 Å². The van der Waals surface area contributed by atoms with Crippen LogP contribution in [0.4, 0.5) is 0 Å². The number of hydrogen-bond acceptors (Lipinski definition) is 3. The molecular weight excluding hydrogens is 302 g/mol. The Morgan fingerprint density at radius 2 is 1.71 bits per heavy atom. The maximum atomic E-state index is 12.8. The Balaban J connectivity index is 1.59. The van der Waals surface area contributed by atoms with E-state index < -0.39 is 0 Å². The number of aliphatic hydroxyl groups excluding tert-OH is 1. The van der Waals surface area contributed by atoms with Crippen LogP contribution in [0, 0.1) is 0 Å². The zero-order valence-electron chi connectivity index (χ0n) is 14.0. The first kappa shape index (κ1) is 16.7. The summed E-state index contributed by atoms with van der Waals surface area (Å²) in [7, 11) is 0. The van der Waals surface area contributed by atoms with Gasteiger partial charge < -0.3 is 14.6 Å². The van der Waals surface area contributed by atoms with Crippen molar-refractivity contribution in [2.45, 2.75) is 13.0 Å². The highest BCUT2D eigenvalue weighted by Gasteiger charge is 2.23. The zero-order valence-corrected chi connectivity index (χ0v) is 14.0. The summed E-state index contributed by atoms with van der Waals surface area (Å²) >= 11 is 0. The van der Waals surface area contributed by atoms with E-state index in [1.54, 1.807) is 0 Å². The van der Waals surface area contributed by atoms with Gasteiger partial charge in [0.2, 0.25) is 0 Å². The molecule has 0 radical (unpaired) electrons. The topological polar surface area (TPSA) is 48.7 Å². The normalized spacial score (nSPS) is 15.6. The predicted octanol–water partition coefficient (Wildman–Crippen LogP) is 1.48. The number of aromatic nitrogens is 1. The third-order valence-electron chi connectivity index (χ3n) is 4.61. The molecule has 0 atom stereocenters. The summed E-state index contributed by atoms with van der Waals surface area (Å²) in [5.41, 5.74) is 2.05. The number of piperazine rings is 1. The summed E-state index contributed by atoms with van der Waals surface area (Å²) in [4.78, 5) is 16.9. The second kappa shape index (κ2) is 8.13. The van der Waals surface area contributed by atoms with Crippen LogP contribution in [0.25, 0.3) is 0 Å². The molecule has 2 aromatic rings. The summed E-state index contributed by atoms with van der Waals surface area (Å²) in [5, 5.41) is 9.01. The molecule has 0 saturated carbocycles. The number of carbonyl (C=O) groups excluding carboxylic acids is 1. The van der Waals surface area contributed by atoms with E-state index in [4.69, 9.17) is 5.11 Å². The molecule has 128 valence electrons. The molecule has 1 fully saturated rings. The molecule has 1 amide bonds. The first-order chi connectivity index (χ1) is 11.8. The van der Waals surface area contributed by atoms with Gasteiger partial charge in [0.15, 0.2) is 0 Å². The fraction of sp³-hybridized carbons (Fsp3) is 0.421. The van der Waals surface area contributed by atoms with E-state index in [9.17, 15) is 4.79 Å². The highest BCUT2D eigenvalue weighted by molar-refractivity contribution is 5.92. The van der Waals surface area contributed by atoms with Crippen molar-refractivity contribution < 1.29 is 9.90 Å². The number of rotatable bonds is 6. The van der Waals surface area contributed by atoms with Gasteiger partial charge in [-0.25, -0.2) is 0 Å². The minimum atomic E-state index is 0.108. The molecule has 3 rings (SSSR count). The number of amides is 1. The molecule has 0 spiro atoms. The Labute approximate surface area is 143 Å². The van der Waals surface area contributed by atoms with Gasteiger partial charge >= 0.3 is 0 Å². The standard InChI is InChI=1S/C19H25N3O2/c23-16-15-20-11-13-22(14-12-20)19(24)18-7-4-9-21(18)10-8-17-5-2-1-3-6-17/h1-7,9,23H,8,10-16H2. The fourth-order valence-electron chi connectivity index (χ4n) is 3.18. The van der Waals surface area contributed by atoms with Crippen molar-refractivity contribution in [2.75, 3.05) is 39.3 Å². The second-order valence-corrected chi connectivity index (χ2v) is 6.18. The Morgan fingerprint density at radius 1 is 0.958 bits per heavy atom. The molecule has 1 saturated heterocycles. The number of aliphatic hydroxyl groups is 1. The molecule has 24 heavy (non-hydrogen) atoms. The largest absolute Gasteiger partial charge is 0.395 e. The van der Waals surface area contributed by atoms with Gasteiger partial charge in [0.05, 0.1) is 6.61 Å². The van der Waals surface area contributed by atoms with Crippen molar-refractivity contribution >= 4 is 5.91 Å². The third kappa shape index (κ3) is 4.04. The minimum absolute atomic E-state index is 0.108. The molecule has 2 heterocycles. The van der Waals surface area contributed by atoms with E-state index in [2.05, 4.69) is 21.6 Å². The quantitative estimate of drug-likeness (QED) is 0.874. The van der Waals surface area contributed by atoms with Gasteiger partial charge in [0, 0.05) is 45.5 Å². The highest BCUT2D eigenvalue weighted by Crippen LogP contribution is 2.11. The molecular formula is C19H25N3O2. The van der Waals surface area contributed by atoms with Gasteiger partial charge in [-0.15, -0.1) is 0 Å². The van der Waals surface area contributed by atoms with Crippen molar-refractivity contribution in [3.63, 3.8) is 0 Å². The van der Waals surface area contributed by atoms with Crippen LogP contribution in [-0.2, 0) is 13.0 Å². The van der Waals surface area contributed by atoms with E-state index in [1.807, 2.05) is 41.4 Å². The molecule has 0 unspecified atom stereocenters. The maximum Gasteiger partial charge on any atom is 0.270 e. The summed E-state index contributed by atoms with van der Waals surface area (Å²) in [6.45, 7) is 4.79. The number of aryl methyl sites for hydroxylation is 2. The zero-order chi connectivity index (χ0) is 16.8. The van der Waals surface area contributed by atoms with Crippen molar-refractivity contribution in [3.8, 4) is 0 Å². The lowest BCUT2D eigenvalue weighted by Crippen LogP contribution is -2.49. The fourth-order valence-corrected chi connectivity index (χ4v) is 3.18. The number of β-amino-alcohol motifs (C(OH)–C–C–N with tert-alkyl or cyclic N) is 1. The summed E-state index contributed by atoms with van der Waals surface area (Å²) in [6.07, 6.45) is 2.90. The lowest BCUT2D eigenvalue weighted by molar-refractivity contribution is 0.0604. The summed E-state index contributed by atoms with van der Waals surface area (Å²) in [5.74, 6) is 0.108. The summed E-state index contributed by atoms with van der Waals surface area (Å²) < 4.78 is 2.05. The monoisotopic (exact) mass is 327 g/mol. The smallest absolute Gasteiger partial charge is 0.270 e. The molecule has 0 bridgehead atoms. The molecule has 0 aliphatic carbocycles. The second-order valence-electron chi connectivity index (χ2n) is 6.18. The average Bonchev–Trinajstić information content (AvgIpc) is 3.10. The first-order valence-electron chi connectivity index (χ1n) is 8.59. The molecule has 1 aromatic heterocycles. The number of nitrogens with zero attached hydrogens (tertiary/aromatic N) is 3. The predicted molar refractivity (Wildman–Crippen MR) is 94.0 cm³/mol. The van der Waals surface area contributed by atoms with Crippen LogP contribution in [0.15, 0.2) is 48.7 Å². The van der Waals surface area contributed by atoms with E-state index >= 15 is 0 Å². The van der Waals surface area contributed by atoms with Gasteiger partial charge in [-0.3, -0.25) is 9.69 Å². The van der Waals surface area contributed by atoms with Crippen LogP contribution in [0.1, 0.15) is 16.1 Å². The average molecular weight is 327 g/mol. The Morgan fingerprint density at radius 3 is 2.42 bits per heavy atom. The first-order valence-corrected chi connectivity index (χ1v) is 8.59. The van der Waals surface area contributed by atoms with Crippen molar-refractivity contribution in [2.24, 2.45) is 0 Å². The van der Waals surface area contributed by atoms with Crippen LogP contribution in [0.2, 0.25) is 0 Å². The molecule has 1 aliphatic rings. The molecule has 5 nitrogen and oxygen atoms in total. The van der Waals surface area contributed by atoms with Crippen LogP contribution < -0.4 is 0 Å². The van der Waals surface area contributed by atoms with Crippen LogP contribution in [0.3, 0.4) is 0 Å². The third-order valence-corrected chi connectivity index (χ3v) is 4.61. The van der Waals surface area contributed by atoms with E-state index in [0.29, 0.717) is 6.54 Å². The molecule has 1 N–H and O–H groups in total. The van der Waals surface area contributed by atoms with E-state index in [0.717, 1.165) is 44.8 Å². The van der Waals surface area contributed by atoms with E-state index in [1.165, 1.54) is 5.56 Å². The number of carbonyl (C=O) groups is 1. The Bertz CT molecular complexity index is 646. The van der Waals surface area contributed by atoms with Gasteiger partial charge in [-0.1, -0.05) is 30.3 Å². The highest BCUT2D eigenvalue weighted by atomic mass is 16.3. The van der Waals surface area contributed by atoms with Crippen LogP contribution in [0.5, 0.6) is 0 Å². The summed E-state index contributed by atoms with van der Waals surface area (Å²) in [6, 6.07) is 14.2. The Hall–Kier alpha value is -2.11. The molecule has 1 aromatic carbocycles. The van der Waals surface area contributed by atoms with Crippen molar-refractivity contribution in [3.05, 3.63) is 59.9 Å². The van der Waals surface area contributed by atoms with Crippen LogP contribution >= 0.6 is 0 Å². The van der Waals surface area contributed by atoms with Gasteiger partial charge in [0.1, 0.15) is 5.69 Å². The lowest BCUT2D eigenvalue weighted by atomic mass is 10.1.